The van der Waals surface area contributed by atoms with E-state index in [9.17, 15) is 4.79 Å². The molecule has 0 spiro atoms. The van der Waals surface area contributed by atoms with Crippen LogP contribution in [0, 0.1) is 5.41 Å². The van der Waals surface area contributed by atoms with Gasteiger partial charge in [0.15, 0.2) is 0 Å². The molecule has 3 N–H and O–H groups in total. The minimum Gasteiger partial charge on any atom is -0.396 e. The van der Waals surface area contributed by atoms with E-state index >= 15 is 0 Å². The molecule has 1 aromatic rings. The highest BCUT2D eigenvalue weighted by Crippen LogP contribution is 2.23. The zero-order valence-electron chi connectivity index (χ0n) is 13.2. The van der Waals surface area contributed by atoms with Crippen molar-refractivity contribution in [1.82, 2.24) is 15.1 Å². The number of nitrogens with zero attached hydrogens (tertiary/aromatic N) is 2. The largest absolute Gasteiger partial charge is 0.396 e. The van der Waals surface area contributed by atoms with E-state index in [0.29, 0.717) is 24.5 Å². The second kappa shape index (κ2) is 7.31. The van der Waals surface area contributed by atoms with Crippen molar-refractivity contribution in [3.05, 3.63) is 11.9 Å². The number of unbranched alkanes of at least 4 members (excludes halogenated alkanes) is 2. The lowest BCUT2D eigenvalue weighted by atomic mass is 9.87. The SMILES string of the molecule is CCCCCC(C)(C)CNC(=O)c1c(N)cnn1CC. The number of anilines is 1. The van der Waals surface area contributed by atoms with Crippen molar-refractivity contribution in [2.75, 3.05) is 12.3 Å². The fraction of sp³-hybridized carbons (Fsp3) is 0.733. The van der Waals surface area contributed by atoms with E-state index in [-0.39, 0.29) is 11.3 Å². The Morgan fingerprint density at radius 3 is 2.70 bits per heavy atom. The predicted molar refractivity (Wildman–Crippen MR) is 82.6 cm³/mol. The molecule has 0 aliphatic heterocycles. The summed E-state index contributed by atoms with van der Waals surface area (Å²) in [4.78, 5) is 12.2. The predicted octanol–water partition coefficient (Wildman–Crippen LogP) is 2.82. The van der Waals surface area contributed by atoms with Gasteiger partial charge in [-0.2, -0.15) is 5.10 Å². The molecule has 0 aromatic carbocycles. The summed E-state index contributed by atoms with van der Waals surface area (Å²) >= 11 is 0. The molecule has 1 heterocycles. The van der Waals surface area contributed by atoms with Gasteiger partial charge in [-0.1, -0.05) is 40.0 Å². The summed E-state index contributed by atoms with van der Waals surface area (Å²) in [5, 5.41) is 7.08. The summed E-state index contributed by atoms with van der Waals surface area (Å²) in [5.41, 5.74) is 6.83. The van der Waals surface area contributed by atoms with Gasteiger partial charge < -0.3 is 11.1 Å². The summed E-state index contributed by atoms with van der Waals surface area (Å²) in [6.45, 7) is 9.80. The summed E-state index contributed by atoms with van der Waals surface area (Å²) in [5.74, 6) is -0.134. The Labute approximate surface area is 121 Å². The zero-order valence-corrected chi connectivity index (χ0v) is 13.2. The summed E-state index contributed by atoms with van der Waals surface area (Å²) < 4.78 is 1.63. The number of hydrogen-bond donors (Lipinski definition) is 2. The van der Waals surface area contributed by atoms with E-state index in [0.717, 1.165) is 6.42 Å². The molecule has 1 rings (SSSR count). The molecule has 20 heavy (non-hydrogen) atoms. The van der Waals surface area contributed by atoms with Crippen LogP contribution in [0.5, 0.6) is 0 Å². The van der Waals surface area contributed by atoms with Crippen LogP contribution in [0.3, 0.4) is 0 Å². The summed E-state index contributed by atoms with van der Waals surface area (Å²) in [6.07, 6.45) is 6.31. The highest BCUT2D eigenvalue weighted by molar-refractivity contribution is 5.97. The first kappa shape index (κ1) is 16.5. The third kappa shape index (κ3) is 4.54. The van der Waals surface area contributed by atoms with Crippen molar-refractivity contribution in [3.8, 4) is 0 Å². The second-order valence-electron chi connectivity index (χ2n) is 6.07. The van der Waals surface area contributed by atoms with Crippen LogP contribution >= 0.6 is 0 Å². The van der Waals surface area contributed by atoms with Crippen LogP contribution in [0.2, 0.25) is 0 Å². The average Bonchev–Trinajstić information content (AvgIpc) is 2.77. The van der Waals surface area contributed by atoms with Gasteiger partial charge in [0.05, 0.1) is 11.9 Å². The molecular weight excluding hydrogens is 252 g/mol. The van der Waals surface area contributed by atoms with Gasteiger partial charge in [0, 0.05) is 13.1 Å². The molecule has 0 radical (unpaired) electrons. The molecule has 0 aliphatic carbocycles. The Hall–Kier alpha value is -1.52. The lowest BCUT2D eigenvalue weighted by Crippen LogP contribution is -2.35. The minimum absolute atomic E-state index is 0.108. The Morgan fingerprint density at radius 1 is 1.40 bits per heavy atom. The van der Waals surface area contributed by atoms with Crippen LogP contribution in [-0.2, 0) is 6.54 Å². The number of nitrogens with two attached hydrogens (primary N) is 1. The lowest BCUT2D eigenvalue weighted by molar-refractivity contribution is 0.0924. The highest BCUT2D eigenvalue weighted by atomic mass is 16.2. The third-order valence-corrected chi connectivity index (χ3v) is 3.57. The molecule has 0 fully saturated rings. The lowest BCUT2D eigenvalue weighted by Gasteiger charge is -2.25. The molecular formula is C15H28N4O. The minimum atomic E-state index is -0.134. The van der Waals surface area contributed by atoms with Crippen LogP contribution in [0.25, 0.3) is 0 Å². The van der Waals surface area contributed by atoms with E-state index in [4.69, 9.17) is 5.73 Å². The van der Waals surface area contributed by atoms with Crippen molar-refractivity contribution in [2.45, 2.75) is 59.9 Å². The van der Waals surface area contributed by atoms with Crippen molar-refractivity contribution < 1.29 is 4.79 Å². The second-order valence-corrected chi connectivity index (χ2v) is 6.07. The maximum atomic E-state index is 12.2. The number of aryl methyl sites for hydroxylation is 1. The first-order valence-corrected chi connectivity index (χ1v) is 7.50. The summed E-state index contributed by atoms with van der Waals surface area (Å²) in [7, 11) is 0. The highest BCUT2D eigenvalue weighted by Gasteiger charge is 2.21. The number of nitrogens with one attached hydrogen (secondary N) is 1. The summed E-state index contributed by atoms with van der Waals surface area (Å²) in [6, 6.07) is 0. The van der Waals surface area contributed by atoms with Gasteiger partial charge in [0.2, 0.25) is 0 Å². The number of rotatable bonds is 8. The Kier molecular flexibility index (Phi) is 6.05. The van der Waals surface area contributed by atoms with Crippen LogP contribution in [0.4, 0.5) is 5.69 Å². The molecule has 1 amide bonds. The molecule has 0 unspecified atom stereocenters. The molecule has 5 nitrogen and oxygen atoms in total. The van der Waals surface area contributed by atoms with Crippen LogP contribution in [0.1, 0.15) is 63.9 Å². The number of carbonyl (C=O) groups is 1. The van der Waals surface area contributed by atoms with Gasteiger partial charge in [-0.05, 0) is 18.8 Å². The monoisotopic (exact) mass is 280 g/mol. The van der Waals surface area contributed by atoms with Crippen LogP contribution in [0.15, 0.2) is 6.20 Å². The first-order chi connectivity index (χ1) is 9.41. The topological polar surface area (TPSA) is 72.9 Å². The van der Waals surface area contributed by atoms with Crippen molar-refractivity contribution >= 4 is 11.6 Å². The van der Waals surface area contributed by atoms with E-state index in [1.807, 2.05) is 6.92 Å². The van der Waals surface area contributed by atoms with Crippen molar-refractivity contribution in [3.63, 3.8) is 0 Å². The van der Waals surface area contributed by atoms with E-state index in [2.05, 4.69) is 31.2 Å². The Morgan fingerprint density at radius 2 is 2.10 bits per heavy atom. The fourth-order valence-electron chi connectivity index (χ4n) is 2.23. The Bertz CT molecular complexity index is 437. The van der Waals surface area contributed by atoms with Crippen LogP contribution < -0.4 is 11.1 Å². The number of aromatic nitrogens is 2. The molecule has 0 aliphatic rings. The molecule has 0 bridgehead atoms. The van der Waals surface area contributed by atoms with Gasteiger partial charge in [-0.15, -0.1) is 0 Å². The van der Waals surface area contributed by atoms with Crippen LogP contribution in [-0.4, -0.2) is 22.2 Å². The number of carbonyl (C=O) groups excluding carboxylic acids is 1. The number of nitrogen functional groups attached to an aromatic ring is 1. The third-order valence-electron chi connectivity index (χ3n) is 3.57. The molecule has 0 saturated heterocycles. The Balaban J connectivity index is 2.56. The normalized spacial score (nSPS) is 11.6. The molecule has 5 heteroatoms. The number of hydrogen-bond acceptors (Lipinski definition) is 3. The van der Waals surface area contributed by atoms with Crippen molar-refractivity contribution in [2.24, 2.45) is 5.41 Å². The zero-order chi connectivity index (χ0) is 15.2. The standard InChI is InChI=1S/C15H28N4O/c1-5-7-8-9-15(3,4)11-17-14(20)13-12(16)10-18-19(13)6-2/h10H,5-9,11,16H2,1-4H3,(H,17,20). The maximum Gasteiger partial charge on any atom is 0.271 e. The quantitative estimate of drug-likeness (QED) is 0.719. The maximum absolute atomic E-state index is 12.2. The smallest absolute Gasteiger partial charge is 0.271 e. The molecule has 114 valence electrons. The first-order valence-electron chi connectivity index (χ1n) is 7.50. The van der Waals surface area contributed by atoms with Gasteiger partial charge in [-0.25, -0.2) is 0 Å². The van der Waals surface area contributed by atoms with Gasteiger partial charge >= 0.3 is 0 Å². The number of amides is 1. The van der Waals surface area contributed by atoms with E-state index < -0.39 is 0 Å². The van der Waals surface area contributed by atoms with Gasteiger partial charge in [-0.3, -0.25) is 9.48 Å². The molecule has 0 saturated carbocycles. The molecule has 0 atom stereocenters. The van der Waals surface area contributed by atoms with E-state index in [1.165, 1.54) is 25.5 Å². The van der Waals surface area contributed by atoms with Gasteiger partial charge in [0.1, 0.15) is 5.69 Å². The van der Waals surface area contributed by atoms with E-state index in [1.54, 1.807) is 4.68 Å². The molecule has 1 aromatic heterocycles. The fourth-order valence-corrected chi connectivity index (χ4v) is 2.23. The average molecular weight is 280 g/mol. The van der Waals surface area contributed by atoms with Gasteiger partial charge in [0.25, 0.3) is 5.91 Å². The van der Waals surface area contributed by atoms with Crippen molar-refractivity contribution in [1.29, 1.82) is 0 Å².